The highest BCUT2D eigenvalue weighted by atomic mass is 19.4. The summed E-state index contributed by atoms with van der Waals surface area (Å²) in [5.74, 6) is -0.0757. The highest BCUT2D eigenvalue weighted by Gasteiger charge is 2.37. The van der Waals surface area contributed by atoms with E-state index in [1.807, 2.05) is 29.2 Å². The molecule has 4 nitrogen and oxygen atoms in total. The van der Waals surface area contributed by atoms with E-state index in [9.17, 15) is 18.0 Å². The van der Waals surface area contributed by atoms with Crippen LogP contribution in [0.3, 0.4) is 0 Å². The summed E-state index contributed by atoms with van der Waals surface area (Å²) in [5, 5.41) is 0. The van der Waals surface area contributed by atoms with E-state index in [0.29, 0.717) is 25.4 Å². The molecule has 2 aromatic rings. The molecule has 1 fully saturated rings. The van der Waals surface area contributed by atoms with Gasteiger partial charge < -0.3 is 9.80 Å². The Hall–Kier alpha value is -2.80. The zero-order chi connectivity index (χ0) is 19.9. The van der Waals surface area contributed by atoms with Crippen LogP contribution < -0.4 is 4.90 Å². The third-order valence-corrected chi connectivity index (χ3v) is 5.35. The lowest BCUT2D eigenvalue weighted by Crippen LogP contribution is -2.62. The molecule has 4 rings (SSSR count). The molecule has 0 aromatic heterocycles. The third kappa shape index (κ3) is 3.38. The van der Waals surface area contributed by atoms with Crippen LogP contribution in [0.5, 0.6) is 0 Å². The molecule has 2 aromatic carbocycles. The molecule has 1 amide bonds. The summed E-state index contributed by atoms with van der Waals surface area (Å²) < 4.78 is 38.7. The SMILES string of the molecule is C=CC(=O)N1CC(N2Cc3ccccc3N(c3ccc(C(F)(F)F)cc3)C2)C1. The number of likely N-dealkylation sites (tertiary alicyclic amines) is 1. The average molecular weight is 387 g/mol. The van der Waals surface area contributed by atoms with E-state index in [1.54, 1.807) is 4.90 Å². The van der Waals surface area contributed by atoms with Crippen molar-refractivity contribution in [3.05, 3.63) is 72.3 Å². The summed E-state index contributed by atoms with van der Waals surface area (Å²) in [7, 11) is 0. The van der Waals surface area contributed by atoms with E-state index in [0.717, 1.165) is 29.9 Å². The standard InChI is InChI=1S/C21H20F3N3O/c1-2-20(28)25-12-18(13-25)26-11-15-5-3-4-6-19(15)27(14-26)17-9-7-16(8-10-17)21(22,23)24/h2-10,18H,1,11-14H2. The topological polar surface area (TPSA) is 26.8 Å². The summed E-state index contributed by atoms with van der Waals surface area (Å²) in [6.45, 7) is 6.08. The van der Waals surface area contributed by atoms with Gasteiger partial charge in [0.25, 0.3) is 0 Å². The van der Waals surface area contributed by atoms with Crippen LogP contribution >= 0.6 is 0 Å². The second kappa shape index (κ2) is 6.98. The van der Waals surface area contributed by atoms with Crippen LogP contribution in [0.1, 0.15) is 11.1 Å². The largest absolute Gasteiger partial charge is 0.416 e. The van der Waals surface area contributed by atoms with Crippen molar-refractivity contribution in [1.29, 1.82) is 0 Å². The van der Waals surface area contributed by atoms with Gasteiger partial charge in [0.1, 0.15) is 0 Å². The van der Waals surface area contributed by atoms with Crippen molar-refractivity contribution < 1.29 is 18.0 Å². The van der Waals surface area contributed by atoms with Gasteiger partial charge in [0.15, 0.2) is 0 Å². The van der Waals surface area contributed by atoms with Gasteiger partial charge in [-0.05, 0) is 42.0 Å². The molecule has 0 saturated carbocycles. The van der Waals surface area contributed by atoms with Crippen molar-refractivity contribution in [2.24, 2.45) is 0 Å². The molecule has 146 valence electrons. The van der Waals surface area contributed by atoms with Crippen molar-refractivity contribution in [1.82, 2.24) is 9.80 Å². The number of fused-ring (bicyclic) bond motifs is 1. The molecule has 0 radical (unpaired) electrons. The molecule has 2 aliphatic rings. The van der Waals surface area contributed by atoms with Crippen molar-refractivity contribution in [3.63, 3.8) is 0 Å². The molecule has 0 atom stereocenters. The minimum Gasteiger partial charge on any atom is -0.336 e. The van der Waals surface area contributed by atoms with Gasteiger partial charge in [-0.15, -0.1) is 0 Å². The molecule has 2 heterocycles. The van der Waals surface area contributed by atoms with Gasteiger partial charge in [0.2, 0.25) is 5.91 Å². The van der Waals surface area contributed by atoms with E-state index < -0.39 is 11.7 Å². The van der Waals surface area contributed by atoms with E-state index in [1.165, 1.54) is 18.2 Å². The summed E-state index contributed by atoms with van der Waals surface area (Å²) >= 11 is 0. The molecular formula is C21H20F3N3O. The van der Waals surface area contributed by atoms with Crippen molar-refractivity contribution in [2.75, 3.05) is 24.7 Å². The molecule has 1 saturated heterocycles. The Labute approximate surface area is 161 Å². The van der Waals surface area contributed by atoms with E-state index in [4.69, 9.17) is 0 Å². The normalized spacial score (nSPS) is 17.8. The van der Waals surface area contributed by atoms with Crippen LogP contribution in [0.2, 0.25) is 0 Å². The maximum absolute atomic E-state index is 12.9. The highest BCUT2D eigenvalue weighted by molar-refractivity contribution is 5.87. The Kier molecular flexibility index (Phi) is 4.63. The molecule has 0 N–H and O–H groups in total. The number of hydrogen-bond acceptors (Lipinski definition) is 3. The number of rotatable bonds is 3. The molecule has 2 aliphatic heterocycles. The minimum absolute atomic E-state index is 0.0757. The van der Waals surface area contributed by atoms with Crippen molar-refractivity contribution >= 4 is 17.3 Å². The van der Waals surface area contributed by atoms with Gasteiger partial charge in [-0.1, -0.05) is 24.8 Å². The van der Waals surface area contributed by atoms with E-state index in [-0.39, 0.29) is 11.9 Å². The second-order valence-corrected chi connectivity index (χ2v) is 7.09. The quantitative estimate of drug-likeness (QED) is 0.745. The molecule has 0 bridgehead atoms. The van der Waals surface area contributed by atoms with Gasteiger partial charge in [-0.25, -0.2) is 0 Å². The third-order valence-electron chi connectivity index (χ3n) is 5.35. The van der Waals surface area contributed by atoms with Crippen LogP contribution in [0.25, 0.3) is 0 Å². The van der Waals surface area contributed by atoms with Gasteiger partial charge in [-0.2, -0.15) is 13.2 Å². The van der Waals surface area contributed by atoms with Crippen LogP contribution in [0.15, 0.2) is 61.2 Å². The first-order valence-electron chi connectivity index (χ1n) is 9.05. The summed E-state index contributed by atoms with van der Waals surface area (Å²) in [6.07, 6.45) is -3.03. The van der Waals surface area contributed by atoms with E-state index in [2.05, 4.69) is 11.5 Å². The first-order valence-corrected chi connectivity index (χ1v) is 9.05. The Balaban J connectivity index is 1.58. The lowest BCUT2D eigenvalue weighted by molar-refractivity contribution is -0.137. The zero-order valence-electron chi connectivity index (χ0n) is 15.2. The molecule has 0 unspecified atom stereocenters. The fraction of sp³-hybridized carbons (Fsp3) is 0.286. The van der Waals surface area contributed by atoms with Crippen LogP contribution in [0.4, 0.5) is 24.5 Å². The number of benzene rings is 2. The summed E-state index contributed by atoms with van der Waals surface area (Å²) in [5.41, 5.74) is 2.17. The average Bonchev–Trinajstić information content (AvgIpc) is 2.65. The monoisotopic (exact) mass is 387 g/mol. The summed E-state index contributed by atoms with van der Waals surface area (Å²) in [4.78, 5) is 17.7. The predicted molar refractivity (Wildman–Crippen MR) is 101 cm³/mol. The van der Waals surface area contributed by atoms with Crippen molar-refractivity contribution in [2.45, 2.75) is 18.8 Å². The predicted octanol–water partition coefficient (Wildman–Crippen LogP) is 4.01. The Bertz CT molecular complexity index is 889. The number of carbonyl (C=O) groups excluding carboxylic acids is 1. The number of carbonyl (C=O) groups is 1. The number of nitrogens with zero attached hydrogens (tertiary/aromatic N) is 3. The second-order valence-electron chi connectivity index (χ2n) is 7.09. The molecule has 0 spiro atoms. The number of hydrogen-bond donors (Lipinski definition) is 0. The first kappa shape index (κ1) is 18.6. The minimum atomic E-state index is -4.35. The van der Waals surface area contributed by atoms with Crippen LogP contribution in [0, 0.1) is 0 Å². The van der Waals surface area contributed by atoms with Crippen LogP contribution in [-0.2, 0) is 17.5 Å². The number of halogens is 3. The fourth-order valence-corrected chi connectivity index (χ4v) is 3.73. The highest BCUT2D eigenvalue weighted by Crippen LogP contribution is 2.37. The Morgan fingerprint density at radius 1 is 1.07 bits per heavy atom. The zero-order valence-corrected chi connectivity index (χ0v) is 15.2. The maximum atomic E-state index is 12.9. The Morgan fingerprint density at radius 3 is 2.39 bits per heavy atom. The number of alkyl halides is 3. The smallest absolute Gasteiger partial charge is 0.336 e. The van der Waals surface area contributed by atoms with Gasteiger partial charge in [-0.3, -0.25) is 9.69 Å². The number of anilines is 2. The van der Waals surface area contributed by atoms with Crippen molar-refractivity contribution in [3.8, 4) is 0 Å². The Morgan fingerprint density at radius 2 is 1.75 bits per heavy atom. The molecule has 7 heteroatoms. The van der Waals surface area contributed by atoms with Gasteiger partial charge in [0, 0.05) is 37.1 Å². The van der Waals surface area contributed by atoms with Crippen LogP contribution in [-0.4, -0.2) is 41.5 Å². The van der Waals surface area contributed by atoms with Gasteiger partial charge >= 0.3 is 6.18 Å². The first-order chi connectivity index (χ1) is 13.4. The molecule has 0 aliphatic carbocycles. The molecule has 28 heavy (non-hydrogen) atoms. The fourth-order valence-electron chi connectivity index (χ4n) is 3.73. The van der Waals surface area contributed by atoms with E-state index >= 15 is 0 Å². The lowest BCUT2D eigenvalue weighted by Gasteiger charge is -2.49. The lowest BCUT2D eigenvalue weighted by atomic mass is 10.0. The maximum Gasteiger partial charge on any atom is 0.416 e. The molecular weight excluding hydrogens is 367 g/mol. The number of para-hydroxylation sites is 1. The van der Waals surface area contributed by atoms with Gasteiger partial charge in [0.05, 0.1) is 12.2 Å². The number of amides is 1. The summed E-state index contributed by atoms with van der Waals surface area (Å²) in [6, 6.07) is 13.4.